The Hall–Kier alpha value is -2.34. The van der Waals surface area contributed by atoms with Crippen LogP contribution in [0.25, 0.3) is 0 Å². The van der Waals surface area contributed by atoms with Crippen LogP contribution in [0.1, 0.15) is 16.1 Å². The van der Waals surface area contributed by atoms with Crippen LogP contribution in [0.5, 0.6) is 0 Å². The van der Waals surface area contributed by atoms with Crippen LogP contribution >= 0.6 is 0 Å². The van der Waals surface area contributed by atoms with Gasteiger partial charge in [-0.15, -0.1) is 0 Å². The highest BCUT2D eigenvalue weighted by Crippen LogP contribution is 2.17. The molecule has 2 aromatic heterocycles. The molecule has 3 heterocycles. The van der Waals surface area contributed by atoms with Gasteiger partial charge in [0.2, 0.25) is 0 Å². The number of hydrogen-bond acceptors (Lipinski definition) is 5. The fraction of sp³-hybridized carbons (Fsp3) is 0.375. The summed E-state index contributed by atoms with van der Waals surface area (Å²) >= 11 is 0. The van der Waals surface area contributed by atoms with Crippen molar-refractivity contribution in [3.63, 3.8) is 0 Å². The van der Waals surface area contributed by atoms with Crippen molar-refractivity contribution in [2.24, 2.45) is 0 Å². The summed E-state index contributed by atoms with van der Waals surface area (Å²) in [4.78, 5) is 21.1. The summed E-state index contributed by atoms with van der Waals surface area (Å²) in [5, 5.41) is 2.83. The molecular formula is C16H20N4O2. The number of anilines is 2. The molecule has 0 aromatic carbocycles. The van der Waals surface area contributed by atoms with Gasteiger partial charge in [0, 0.05) is 26.2 Å². The number of carbonyl (C=O) groups is 1. The standard InChI is InChI=1S/C16H20N4O2/c1-12-14(5-10-22-12)16(21)18-13-3-4-15(17-11-13)20-8-6-19(2)7-9-20/h3-5,10-11H,6-9H2,1-2H3,(H,18,21). The average Bonchev–Trinajstić information content (AvgIpc) is 2.95. The van der Waals surface area contributed by atoms with Gasteiger partial charge in [-0.05, 0) is 32.2 Å². The maximum absolute atomic E-state index is 12.1. The fourth-order valence-corrected chi connectivity index (χ4v) is 2.50. The van der Waals surface area contributed by atoms with Crippen LogP contribution in [0.15, 0.2) is 35.1 Å². The van der Waals surface area contributed by atoms with Crippen LogP contribution in [0.3, 0.4) is 0 Å². The number of furan rings is 1. The summed E-state index contributed by atoms with van der Waals surface area (Å²) in [6.07, 6.45) is 3.21. The largest absolute Gasteiger partial charge is 0.469 e. The Kier molecular flexibility index (Phi) is 4.11. The third kappa shape index (κ3) is 3.12. The van der Waals surface area contributed by atoms with E-state index in [9.17, 15) is 4.79 Å². The van der Waals surface area contributed by atoms with Gasteiger partial charge in [-0.3, -0.25) is 4.79 Å². The highest BCUT2D eigenvalue weighted by Gasteiger charge is 2.16. The molecule has 1 saturated heterocycles. The van der Waals surface area contributed by atoms with Crippen molar-refractivity contribution in [2.45, 2.75) is 6.92 Å². The highest BCUT2D eigenvalue weighted by atomic mass is 16.3. The number of aromatic nitrogens is 1. The van der Waals surface area contributed by atoms with Gasteiger partial charge in [0.25, 0.3) is 5.91 Å². The van der Waals surface area contributed by atoms with Crippen LogP contribution in [0, 0.1) is 6.92 Å². The van der Waals surface area contributed by atoms with Gasteiger partial charge in [0.1, 0.15) is 11.6 Å². The molecule has 1 fully saturated rings. The Labute approximate surface area is 129 Å². The summed E-state index contributed by atoms with van der Waals surface area (Å²) in [6.45, 7) is 5.80. The van der Waals surface area contributed by atoms with Gasteiger partial charge in [-0.25, -0.2) is 4.98 Å². The van der Waals surface area contributed by atoms with Crippen molar-refractivity contribution in [2.75, 3.05) is 43.4 Å². The molecule has 1 amide bonds. The lowest BCUT2D eigenvalue weighted by Crippen LogP contribution is -2.44. The van der Waals surface area contributed by atoms with Crippen molar-refractivity contribution in [1.82, 2.24) is 9.88 Å². The van der Waals surface area contributed by atoms with E-state index in [2.05, 4.69) is 27.1 Å². The lowest BCUT2D eigenvalue weighted by molar-refractivity contribution is 0.102. The van der Waals surface area contributed by atoms with Gasteiger partial charge in [0.15, 0.2) is 0 Å². The number of hydrogen-bond donors (Lipinski definition) is 1. The molecule has 6 nitrogen and oxygen atoms in total. The molecule has 0 bridgehead atoms. The summed E-state index contributed by atoms with van der Waals surface area (Å²) in [5.41, 5.74) is 1.23. The summed E-state index contributed by atoms with van der Waals surface area (Å²) < 4.78 is 5.14. The minimum atomic E-state index is -0.180. The molecule has 1 aliphatic rings. The predicted molar refractivity (Wildman–Crippen MR) is 85.3 cm³/mol. The predicted octanol–water partition coefficient (Wildman–Crippen LogP) is 1.99. The molecule has 0 unspecified atom stereocenters. The monoisotopic (exact) mass is 300 g/mol. The molecule has 3 rings (SSSR count). The van der Waals surface area contributed by atoms with Gasteiger partial charge < -0.3 is 19.5 Å². The molecule has 1 aliphatic heterocycles. The molecule has 22 heavy (non-hydrogen) atoms. The molecule has 0 atom stereocenters. The second-order valence-corrected chi connectivity index (χ2v) is 5.54. The average molecular weight is 300 g/mol. The van der Waals surface area contributed by atoms with Crippen LogP contribution in [0.2, 0.25) is 0 Å². The van der Waals surface area contributed by atoms with Crippen molar-refractivity contribution >= 4 is 17.4 Å². The molecule has 1 N–H and O–H groups in total. The second kappa shape index (κ2) is 6.19. The number of nitrogens with one attached hydrogen (secondary N) is 1. The first-order valence-electron chi connectivity index (χ1n) is 7.38. The molecule has 6 heteroatoms. The maximum atomic E-state index is 12.1. The molecular weight excluding hydrogens is 280 g/mol. The maximum Gasteiger partial charge on any atom is 0.259 e. The van der Waals surface area contributed by atoms with Crippen molar-refractivity contribution in [3.8, 4) is 0 Å². The van der Waals surface area contributed by atoms with E-state index >= 15 is 0 Å². The quantitative estimate of drug-likeness (QED) is 0.939. The second-order valence-electron chi connectivity index (χ2n) is 5.54. The van der Waals surface area contributed by atoms with Gasteiger partial charge in [0.05, 0.1) is 23.7 Å². The number of aryl methyl sites for hydroxylation is 1. The van der Waals surface area contributed by atoms with Crippen LogP contribution in [-0.4, -0.2) is 49.0 Å². The van der Waals surface area contributed by atoms with Gasteiger partial charge >= 0.3 is 0 Å². The van der Waals surface area contributed by atoms with Crippen LogP contribution < -0.4 is 10.2 Å². The summed E-state index contributed by atoms with van der Waals surface area (Å²) in [5.74, 6) is 1.38. The molecule has 0 saturated carbocycles. The van der Waals surface area contributed by atoms with E-state index in [0.717, 1.165) is 32.0 Å². The SMILES string of the molecule is Cc1occc1C(=O)Nc1ccc(N2CCN(C)CC2)nc1. The first kappa shape index (κ1) is 14.6. The first-order chi connectivity index (χ1) is 10.6. The summed E-state index contributed by atoms with van der Waals surface area (Å²) in [7, 11) is 2.13. The lowest BCUT2D eigenvalue weighted by Gasteiger charge is -2.33. The zero-order chi connectivity index (χ0) is 15.5. The van der Waals surface area contributed by atoms with Gasteiger partial charge in [-0.1, -0.05) is 0 Å². The number of carbonyl (C=O) groups excluding carboxylic acids is 1. The zero-order valence-corrected chi connectivity index (χ0v) is 12.9. The van der Waals surface area contributed by atoms with E-state index in [-0.39, 0.29) is 5.91 Å². The zero-order valence-electron chi connectivity index (χ0n) is 12.9. The summed E-state index contributed by atoms with van der Waals surface area (Å²) in [6, 6.07) is 5.49. The third-order valence-electron chi connectivity index (χ3n) is 3.94. The minimum Gasteiger partial charge on any atom is -0.469 e. The first-order valence-corrected chi connectivity index (χ1v) is 7.38. The number of pyridine rings is 1. The van der Waals surface area contributed by atoms with E-state index in [0.29, 0.717) is 17.0 Å². The molecule has 0 spiro atoms. The fourth-order valence-electron chi connectivity index (χ4n) is 2.50. The van der Waals surface area contributed by atoms with Crippen molar-refractivity contribution in [1.29, 1.82) is 0 Å². The van der Waals surface area contributed by atoms with Crippen molar-refractivity contribution < 1.29 is 9.21 Å². The topological polar surface area (TPSA) is 61.6 Å². The van der Waals surface area contributed by atoms with Gasteiger partial charge in [-0.2, -0.15) is 0 Å². The Bertz CT molecular complexity index is 642. The molecule has 2 aromatic rings. The van der Waals surface area contributed by atoms with E-state index < -0.39 is 0 Å². The normalized spacial score (nSPS) is 15.8. The number of rotatable bonds is 3. The minimum absolute atomic E-state index is 0.180. The van der Waals surface area contributed by atoms with Crippen LogP contribution in [-0.2, 0) is 0 Å². The Morgan fingerprint density at radius 1 is 1.23 bits per heavy atom. The lowest BCUT2D eigenvalue weighted by atomic mass is 10.2. The number of piperazine rings is 1. The van der Waals surface area contributed by atoms with E-state index in [1.165, 1.54) is 6.26 Å². The molecule has 0 radical (unpaired) electrons. The Balaban J connectivity index is 1.64. The van der Waals surface area contributed by atoms with E-state index in [4.69, 9.17) is 4.42 Å². The Morgan fingerprint density at radius 3 is 2.59 bits per heavy atom. The molecule has 0 aliphatic carbocycles. The smallest absolute Gasteiger partial charge is 0.259 e. The van der Waals surface area contributed by atoms with E-state index in [1.54, 1.807) is 19.2 Å². The Morgan fingerprint density at radius 2 is 2.00 bits per heavy atom. The highest BCUT2D eigenvalue weighted by molar-refractivity contribution is 6.04. The molecule has 116 valence electrons. The third-order valence-corrected chi connectivity index (χ3v) is 3.94. The number of nitrogens with zero attached hydrogens (tertiary/aromatic N) is 3. The van der Waals surface area contributed by atoms with Crippen molar-refractivity contribution in [3.05, 3.63) is 42.0 Å². The number of likely N-dealkylation sites (N-methyl/N-ethyl adjacent to an activating group) is 1. The van der Waals surface area contributed by atoms with E-state index in [1.807, 2.05) is 12.1 Å². The van der Waals surface area contributed by atoms with Crippen LogP contribution in [0.4, 0.5) is 11.5 Å². The number of amides is 1.